The zero-order valence-electron chi connectivity index (χ0n) is 9.96. The fraction of sp³-hybridized carbons (Fsp3) is 0.167. The van der Waals surface area contributed by atoms with E-state index in [0.29, 0.717) is 5.82 Å². The van der Waals surface area contributed by atoms with Crippen LogP contribution >= 0.6 is 11.6 Å². The van der Waals surface area contributed by atoms with E-state index in [0.717, 1.165) is 11.3 Å². The second-order valence-corrected chi connectivity index (χ2v) is 4.26. The molecule has 3 N–H and O–H groups in total. The van der Waals surface area contributed by atoms with Crippen molar-refractivity contribution in [2.75, 3.05) is 5.43 Å². The van der Waals surface area contributed by atoms with Gasteiger partial charge < -0.3 is 5.43 Å². The van der Waals surface area contributed by atoms with Gasteiger partial charge in [0.05, 0.1) is 10.6 Å². The first-order valence-electron chi connectivity index (χ1n) is 5.31. The molecule has 2 rings (SSSR count). The number of aromatic nitrogens is 2. The van der Waals surface area contributed by atoms with Crippen LogP contribution in [0.15, 0.2) is 18.2 Å². The first-order valence-corrected chi connectivity index (χ1v) is 5.68. The number of benzene rings is 1. The van der Waals surface area contributed by atoms with E-state index in [9.17, 15) is 4.39 Å². The molecule has 4 nitrogen and oxygen atoms in total. The van der Waals surface area contributed by atoms with Crippen LogP contribution in [-0.4, -0.2) is 9.97 Å². The highest BCUT2D eigenvalue weighted by Gasteiger charge is 2.14. The zero-order valence-corrected chi connectivity index (χ0v) is 10.7. The lowest BCUT2D eigenvalue weighted by Gasteiger charge is -2.10. The third-order valence-corrected chi connectivity index (χ3v) is 3.01. The molecule has 0 amide bonds. The summed E-state index contributed by atoms with van der Waals surface area (Å²) in [4.78, 5) is 8.43. The van der Waals surface area contributed by atoms with Gasteiger partial charge in [0.1, 0.15) is 5.82 Å². The first kappa shape index (κ1) is 12.7. The highest BCUT2D eigenvalue weighted by molar-refractivity contribution is 6.31. The van der Waals surface area contributed by atoms with Crippen molar-refractivity contribution in [3.05, 3.63) is 40.3 Å². The Labute approximate surface area is 109 Å². The van der Waals surface area contributed by atoms with Crippen LogP contribution in [0, 0.1) is 19.7 Å². The zero-order chi connectivity index (χ0) is 13.3. The van der Waals surface area contributed by atoms with Crippen LogP contribution in [0.2, 0.25) is 5.02 Å². The number of halogens is 2. The Morgan fingerprint density at radius 3 is 2.67 bits per heavy atom. The maximum absolute atomic E-state index is 13.9. The second-order valence-electron chi connectivity index (χ2n) is 3.85. The van der Waals surface area contributed by atoms with Crippen molar-refractivity contribution in [3.8, 4) is 11.4 Å². The van der Waals surface area contributed by atoms with Gasteiger partial charge in [-0.3, -0.25) is 0 Å². The number of anilines is 1. The molecule has 0 unspecified atom stereocenters. The van der Waals surface area contributed by atoms with Crippen molar-refractivity contribution in [1.82, 2.24) is 9.97 Å². The summed E-state index contributed by atoms with van der Waals surface area (Å²) in [5.41, 5.74) is 4.28. The summed E-state index contributed by atoms with van der Waals surface area (Å²) in [6.07, 6.45) is 0. The molecule has 1 heterocycles. The van der Waals surface area contributed by atoms with Crippen molar-refractivity contribution in [2.24, 2.45) is 5.84 Å². The molecule has 0 saturated heterocycles. The van der Waals surface area contributed by atoms with Gasteiger partial charge in [-0.15, -0.1) is 0 Å². The van der Waals surface area contributed by atoms with Gasteiger partial charge >= 0.3 is 0 Å². The fourth-order valence-electron chi connectivity index (χ4n) is 1.57. The van der Waals surface area contributed by atoms with Gasteiger partial charge in [0, 0.05) is 11.3 Å². The summed E-state index contributed by atoms with van der Waals surface area (Å²) in [6, 6.07) is 4.70. The van der Waals surface area contributed by atoms with E-state index < -0.39 is 5.82 Å². The van der Waals surface area contributed by atoms with Crippen LogP contribution in [-0.2, 0) is 0 Å². The number of nitrogens with zero attached hydrogens (tertiary/aromatic N) is 2. The topological polar surface area (TPSA) is 63.8 Å². The molecule has 1 aromatic carbocycles. The summed E-state index contributed by atoms with van der Waals surface area (Å²) in [5.74, 6) is 5.56. The van der Waals surface area contributed by atoms with E-state index in [1.54, 1.807) is 12.1 Å². The number of hydrogen-bond acceptors (Lipinski definition) is 4. The van der Waals surface area contributed by atoms with Crippen LogP contribution in [0.1, 0.15) is 11.3 Å². The Bertz CT molecular complexity index is 601. The van der Waals surface area contributed by atoms with Crippen LogP contribution < -0.4 is 11.3 Å². The lowest BCUT2D eigenvalue weighted by molar-refractivity contribution is 0.630. The SMILES string of the molecule is Cc1nc(-c2cccc(Cl)c2F)nc(NN)c1C. The molecule has 94 valence electrons. The molecule has 0 bridgehead atoms. The van der Waals surface area contributed by atoms with Crippen molar-refractivity contribution < 1.29 is 4.39 Å². The normalized spacial score (nSPS) is 10.5. The average Bonchev–Trinajstić information content (AvgIpc) is 2.36. The fourth-order valence-corrected chi connectivity index (χ4v) is 1.74. The van der Waals surface area contributed by atoms with Crippen LogP contribution in [0.5, 0.6) is 0 Å². The van der Waals surface area contributed by atoms with Crippen molar-refractivity contribution in [1.29, 1.82) is 0 Å². The standard InChI is InChI=1S/C12H12ClFN4/c1-6-7(2)16-12(17-11(6)18-15)8-4-3-5-9(13)10(8)14/h3-5H,15H2,1-2H3,(H,16,17,18). The summed E-state index contributed by atoms with van der Waals surface area (Å²) in [6.45, 7) is 3.65. The molecular weight excluding hydrogens is 255 g/mol. The molecule has 0 aliphatic rings. The van der Waals surface area contributed by atoms with E-state index >= 15 is 0 Å². The lowest BCUT2D eigenvalue weighted by atomic mass is 10.1. The van der Waals surface area contributed by atoms with E-state index in [1.807, 2.05) is 13.8 Å². The van der Waals surface area contributed by atoms with Gasteiger partial charge in [-0.2, -0.15) is 0 Å². The monoisotopic (exact) mass is 266 g/mol. The highest BCUT2D eigenvalue weighted by atomic mass is 35.5. The molecule has 6 heteroatoms. The van der Waals surface area contributed by atoms with E-state index in [1.165, 1.54) is 6.07 Å². The molecule has 0 spiro atoms. The quantitative estimate of drug-likeness (QED) is 0.648. The van der Waals surface area contributed by atoms with Gasteiger partial charge in [-0.25, -0.2) is 20.2 Å². The Morgan fingerprint density at radius 2 is 2.00 bits per heavy atom. The summed E-state index contributed by atoms with van der Waals surface area (Å²) >= 11 is 5.74. The third kappa shape index (κ3) is 2.14. The predicted molar refractivity (Wildman–Crippen MR) is 69.7 cm³/mol. The molecule has 2 aromatic rings. The van der Waals surface area contributed by atoms with Gasteiger partial charge in [0.15, 0.2) is 11.6 Å². The minimum atomic E-state index is -0.537. The van der Waals surface area contributed by atoms with Crippen LogP contribution in [0.25, 0.3) is 11.4 Å². The number of nitrogen functional groups attached to an aromatic ring is 1. The maximum Gasteiger partial charge on any atom is 0.164 e. The molecule has 0 fully saturated rings. The van der Waals surface area contributed by atoms with Gasteiger partial charge in [-0.1, -0.05) is 17.7 Å². The average molecular weight is 267 g/mol. The summed E-state index contributed by atoms with van der Waals surface area (Å²) in [7, 11) is 0. The van der Waals surface area contributed by atoms with E-state index in [-0.39, 0.29) is 16.4 Å². The number of aryl methyl sites for hydroxylation is 1. The molecular formula is C12H12ClFN4. The molecule has 18 heavy (non-hydrogen) atoms. The largest absolute Gasteiger partial charge is 0.308 e. The number of hydrazine groups is 1. The number of nitrogens with two attached hydrogens (primary N) is 1. The van der Waals surface area contributed by atoms with Gasteiger partial charge in [-0.05, 0) is 26.0 Å². The van der Waals surface area contributed by atoms with Crippen LogP contribution in [0.4, 0.5) is 10.2 Å². The number of hydrogen-bond donors (Lipinski definition) is 2. The van der Waals surface area contributed by atoms with Crippen molar-refractivity contribution >= 4 is 17.4 Å². The van der Waals surface area contributed by atoms with Crippen molar-refractivity contribution in [2.45, 2.75) is 13.8 Å². The van der Waals surface area contributed by atoms with E-state index in [2.05, 4.69) is 15.4 Å². The minimum Gasteiger partial charge on any atom is -0.308 e. The Morgan fingerprint density at radius 1 is 1.28 bits per heavy atom. The Kier molecular flexibility index (Phi) is 3.45. The molecule has 0 aliphatic carbocycles. The number of nitrogens with one attached hydrogen (secondary N) is 1. The minimum absolute atomic E-state index is 0.0385. The third-order valence-electron chi connectivity index (χ3n) is 2.72. The Hall–Kier alpha value is -1.72. The molecule has 0 aliphatic heterocycles. The smallest absolute Gasteiger partial charge is 0.164 e. The first-order chi connectivity index (χ1) is 8.54. The maximum atomic E-state index is 13.9. The summed E-state index contributed by atoms with van der Waals surface area (Å²) < 4.78 is 13.9. The number of rotatable bonds is 2. The van der Waals surface area contributed by atoms with Gasteiger partial charge in [0.25, 0.3) is 0 Å². The molecule has 1 aromatic heterocycles. The van der Waals surface area contributed by atoms with Crippen LogP contribution in [0.3, 0.4) is 0 Å². The Balaban J connectivity index is 2.64. The van der Waals surface area contributed by atoms with Gasteiger partial charge in [0.2, 0.25) is 0 Å². The highest BCUT2D eigenvalue weighted by Crippen LogP contribution is 2.27. The molecule has 0 saturated carbocycles. The predicted octanol–water partition coefficient (Wildman–Crippen LogP) is 2.84. The summed E-state index contributed by atoms with van der Waals surface area (Å²) in [5, 5.41) is 0.0385. The molecule has 0 radical (unpaired) electrons. The molecule has 0 atom stereocenters. The lowest BCUT2D eigenvalue weighted by Crippen LogP contribution is -2.12. The second kappa shape index (κ2) is 4.88. The van der Waals surface area contributed by atoms with Crippen molar-refractivity contribution in [3.63, 3.8) is 0 Å². The van der Waals surface area contributed by atoms with E-state index in [4.69, 9.17) is 17.4 Å².